The minimum Gasteiger partial charge on any atom is -0.481 e. The molecule has 0 radical (unpaired) electrons. The molecule has 5 heteroatoms. The molecule has 4 aliphatic carbocycles. The Morgan fingerprint density at radius 2 is 1.77 bits per heavy atom. The quantitative estimate of drug-likeness (QED) is 0.600. The van der Waals surface area contributed by atoms with E-state index in [4.69, 9.17) is 9.84 Å². The fourth-order valence-corrected chi connectivity index (χ4v) is 8.76. The van der Waals surface area contributed by atoms with E-state index in [0.29, 0.717) is 41.8 Å². The van der Waals surface area contributed by atoms with Crippen molar-refractivity contribution in [1.29, 1.82) is 0 Å². The number of hydrogen-bond donors (Lipinski definition) is 1. The summed E-state index contributed by atoms with van der Waals surface area (Å²) in [4.78, 5) is 36.1. The van der Waals surface area contributed by atoms with Crippen LogP contribution in [0.25, 0.3) is 0 Å². The van der Waals surface area contributed by atoms with E-state index in [1.807, 2.05) is 0 Å². The lowest BCUT2D eigenvalue weighted by atomic mass is 9.44. The summed E-state index contributed by atoms with van der Waals surface area (Å²) in [6, 6.07) is 0. The molecule has 0 spiro atoms. The number of ketones is 1. The van der Waals surface area contributed by atoms with Gasteiger partial charge in [0.1, 0.15) is 11.9 Å². The fourth-order valence-electron chi connectivity index (χ4n) is 8.76. The van der Waals surface area contributed by atoms with Crippen LogP contribution in [0.1, 0.15) is 91.9 Å². The number of carbonyl (C=O) groups excluding carboxylic acids is 2. The first kappa shape index (κ1) is 22.8. The van der Waals surface area contributed by atoms with E-state index in [2.05, 4.69) is 20.8 Å². The number of carboxylic acids is 1. The molecule has 4 fully saturated rings. The topological polar surface area (TPSA) is 80.7 Å². The predicted molar refractivity (Wildman–Crippen MR) is 117 cm³/mol. The Morgan fingerprint density at radius 1 is 1.10 bits per heavy atom. The maximum absolute atomic E-state index is 13.5. The Balaban J connectivity index is 1.52. The highest BCUT2D eigenvalue weighted by molar-refractivity contribution is 5.83. The smallest absolute Gasteiger partial charge is 0.303 e. The van der Waals surface area contributed by atoms with Crippen molar-refractivity contribution in [3.05, 3.63) is 0 Å². The van der Waals surface area contributed by atoms with Crippen molar-refractivity contribution in [2.45, 2.75) is 98.0 Å². The molecule has 0 aromatic rings. The lowest BCUT2D eigenvalue weighted by Crippen LogP contribution is -2.57. The van der Waals surface area contributed by atoms with Crippen molar-refractivity contribution in [1.82, 2.24) is 0 Å². The Hall–Kier alpha value is -1.39. The van der Waals surface area contributed by atoms with E-state index in [1.54, 1.807) is 0 Å². The van der Waals surface area contributed by atoms with Crippen molar-refractivity contribution in [3.8, 4) is 0 Å². The van der Waals surface area contributed by atoms with Gasteiger partial charge in [-0.05, 0) is 91.8 Å². The van der Waals surface area contributed by atoms with E-state index >= 15 is 0 Å². The van der Waals surface area contributed by atoms with Gasteiger partial charge in [0, 0.05) is 25.7 Å². The molecule has 4 rings (SSSR count). The van der Waals surface area contributed by atoms with Gasteiger partial charge in [0.25, 0.3) is 0 Å². The van der Waals surface area contributed by atoms with Crippen LogP contribution in [0.2, 0.25) is 0 Å². The summed E-state index contributed by atoms with van der Waals surface area (Å²) in [6.07, 6.45) is 8.90. The van der Waals surface area contributed by atoms with Crippen LogP contribution in [0.5, 0.6) is 0 Å². The van der Waals surface area contributed by atoms with Gasteiger partial charge < -0.3 is 9.84 Å². The van der Waals surface area contributed by atoms with Crippen LogP contribution in [-0.4, -0.2) is 28.9 Å². The van der Waals surface area contributed by atoms with Gasteiger partial charge in [0.15, 0.2) is 0 Å². The van der Waals surface area contributed by atoms with Crippen molar-refractivity contribution < 1.29 is 24.2 Å². The van der Waals surface area contributed by atoms with E-state index in [0.717, 1.165) is 51.4 Å². The minimum atomic E-state index is -0.707. The second-order valence-corrected chi connectivity index (χ2v) is 11.8. The Labute approximate surface area is 186 Å². The average Bonchev–Trinajstić information content (AvgIpc) is 3.04. The first-order chi connectivity index (χ1) is 14.6. The number of hydrogen-bond acceptors (Lipinski definition) is 4. The Kier molecular flexibility index (Phi) is 6.02. The van der Waals surface area contributed by atoms with Gasteiger partial charge in [-0.1, -0.05) is 20.8 Å². The van der Waals surface area contributed by atoms with Crippen LogP contribution < -0.4 is 0 Å². The SMILES string of the molecule is CC(=O)O[C@@H]1CC[C@@]2(C)[C@H](CC(=O)[C@@H]3[C@@H]2CC[C@]2(C)[C@@H]([C@H](C)CCC(=O)O)CC[C@@H]32)C1. The zero-order chi connectivity index (χ0) is 22.6. The predicted octanol–water partition coefficient (Wildman–Crippen LogP) is 5.26. The number of rotatable bonds is 5. The van der Waals surface area contributed by atoms with Crippen LogP contribution in [0.3, 0.4) is 0 Å². The first-order valence-electron chi connectivity index (χ1n) is 12.5. The molecule has 0 aromatic carbocycles. The van der Waals surface area contributed by atoms with E-state index < -0.39 is 5.97 Å². The maximum Gasteiger partial charge on any atom is 0.303 e. The molecule has 0 saturated heterocycles. The average molecular weight is 433 g/mol. The van der Waals surface area contributed by atoms with Crippen molar-refractivity contribution in [2.24, 2.45) is 46.3 Å². The summed E-state index contributed by atoms with van der Waals surface area (Å²) < 4.78 is 5.53. The van der Waals surface area contributed by atoms with E-state index in [9.17, 15) is 14.4 Å². The molecule has 1 N–H and O–H groups in total. The van der Waals surface area contributed by atoms with Gasteiger partial charge in [-0.25, -0.2) is 0 Å². The third-order valence-corrected chi connectivity index (χ3v) is 10.3. The summed E-state index contributed by atoms with van der Waals surface area (Å²) >= 11 is 0. The molecule has 9 atom stereocenters. The molecule has 0 amide bonds. The molecule has 4 saturated carbocycles. The normalized spacial score (nSPS) is 45.2. The molecule has 5 nitrogen and oxygen atoms in total. The van der Waals surface area contributed by atoms with Crippen LogP contribution in [-0.2, 0) is 19.1 Å². The maximum atomic E-state index is 13.5. The minimum absolute atomic E-state index is 0.0280. The fraction of sp³-hybridized carbons (Fsp3) is 0.885. The Morgan fingerprint density at radius 3 is 2.45 bits per heavy atom. The number of carboxylic acid groups (broad SMARTS) is 1. The molecule has 4 aliphatic rings. The van der Waals surface area contributed by atoms with E-state index in [-0.39, 0.29) is 35.2 Å². The molecule has 174 valence electrons. The van der Waals surface area contributed by atoms with Crippen LogP contribution in [0, 0.1) is 46.3 Å². The van der Waals surface area contributed by atoms with Crippen molar-refractivity contribution in [2.75, 3.05) is 0 Å². The van der Waals surface area contributed by atoms with E-state index in [1.165, 1.54) is 6.92 Å². The molecule has 0 unspecified atom stereocenters. The standard InChI is InChI=1S/C26H40O5/c1-15(5-8-23(29)30)19-6-7-20-24-21(10-12-26(19,20)4)25(3)11-9-18(31-16(2)27)13-17(25)14-22(24)28/h15,17-21,24H,5-14H2,1-4H3,(H,29,30)/t15-,17+,18-,19-,20+,21+,24+,25+,26-/m1/s1. The molecule has 31 heavy (non-hydrogen) atoms. The molecule has 0 heterocycles. The van der Waals surface area contributed by atoms with Gasteiger partial charge in [-0.2, -0.15) is 0 Å². The second kappa shape index (κ2) is 8.19. The van der Waals surface area contributed by atoms with Gasteiger partial charge in [-0.3, -0.25) is 14.4 Å². The lowest BCUT2D eigenvalue weighted by Gasteiger charge is -2.60. The number of aliphatic carboxylic acids is 1. The third-order valence-electron chi connectivity index (χ3n) is 10.3. The zero-order valence-electron chi connectivity index (χ0n) is 19.7. The van der Waals surface area contributed by atoms with Crippen LogP contribution in [0.15, 0.2) is 0 Å². The summed E-state index contributed by atoms with van der Waals surface area (Å²) in [5.74, 6) is 1.84. The third kappa shape index (κ3) is 3.84. The highest BCUT2D eigenvalue weighted by atomic mass is 16.5. The summed E-state index contributed by atoms with van der Waals surface area (Å²) in [6.45, 7) is 8.52. The largest absolute Gasteiger partial charge is 0.481 e. The summed E-state index contributed by atoms with van der Waals surface area (Å²) in [7, 11) is 0. The van der Waals surface area contributed by atoms with Crippen molar-refractivity contribution >= 4 is 17.7 Å². The van der Waals surface area contributed by atoms with Gasteiger partial charge >= 0.3 is 11.9 Å². The van der Waals surface area contributed by atoms with Crippen LogP contribution >= 0.6 is 0 Å². The summed E-state index contributed by atoms with van der Waals surface area (Å²) in [5, 5.41) is 9.12. The molecule has 0 bridgehead atoms. The summed E-state index contributed by atoms with van der Waals surface area (Å²) in [5.41, 5.74) is 0.330. The highest BCUT2D eigenvalue weighted by Crippen LogP contribution is 2.67. The second-order valence-electron chi connectivity index (χ2n) is 11.8. The molecular formula is C26H40O5. The van der Waals surface area contributed by atoms with Crippen LogP contribution in [0.4, 0.5) is 0 Å². The number of carbonyl (C=O) groups is 3. The van der Waals surface area contributed by atoms with Gasteiger partial charge in [-0.15, -0.1) is 0 Å². The Bertz CT molecular complexity index is 746. The highest BCUT2D eigenvalue weighted by Gasteiger charge is 2.63. The first-order valence-corrected chi connectivity index (χ1v) is 12.5. The number of fused-ring (bicyclic) bond motifs is 5. The monoisotopic (exact) mass is 432 g/mol. The van der Waals surface area contributed by atoms with Gasteiger partial charge in [0.2, 0.25) is 0 Å². The lowest BCUT2D eigenvalue weighted by molar-refractivity contribution is -0.168. The van der Waals surface area contributed by atoms with Crippen molar-refractivity contribution in [3.63, 3.8) is 0 Å². The zero-order valence-corrected chi connectivity index (χ0v) is 19.7. The molecule has 0 aromatic heterocycles. The van der Waals surface area contributed by atoms with Gasteiger partial charge in [0.05, 0.1) is 0 Å². The number of ether oxygens (including phenoxy) is 1. The number of Topliss-reactive ketones (excluding diaryl/α,β-unsaturated/α-hetero) is 1. The number of esters is 1. The molecule has 0 aliphatic heterocycles. The molecular weight excluding hydrogens is 392 g/mol.